The van der Waals surface area contributed by atoms with Crippen LogP contribution >= 0.6 is 90.4 Å². The fraction of sp³-hybridized carbons (Fsp3) is 0.133. The van der Waals surface area contributed by atoms with Crippen molar-refractivity contribution in [3.8, 4) is 11.5 Å². The molecule has 0 fully saturated rings. The second kappa shape index (κ2) is 12.0. The number of aromatic hydroxyl groups is 2. The van der Waals surface area contributed by atoms with E-state index in [0.29, 0.717) is 20.0 Å². The van der Waals surface area contributed by atoms with Crippen LogP contribution in [0.15, 0.2) is 24.3 Å². The van der Waals surface area contributed by atoms with Crippen LogP contribution in [0.5, 0.6) is 11.5 Å². The number of carboxylic acid groups (broad SMARTS) is 1. The van der Waals surface area contributed by atoms with E-state index in [1.807, 2.05) is 90.4 Å². The number of rotatable bonds is 5. The third-order valence-corrected chi connectivity index (χ3v) is 6.46. The molecular formula is C15H11I4NNaO5. The topological polar surface area (TPSA) is 118 Å². The van der Waals surface area contributed by atoms with Crippen molar-refractivity contribution in [2.24, 2.45) is 0 Å². The van der Waals surface area contributed by atoms with Gasteiger partial charge in [0.1, 0.15) is 17.5 Å². The first-order chi connectivity index (χ1) is 11.2. The zero-order chi connectivity index (χ0) is 18.0. The molecule has 0 bridgehead atoms. The van der Waals surface area contributed by atoms with Gasteiger partial charge in [-0.3, -0.25) is 0 Å². The number of carboxylic acids is 1. The first-order valence-electron chi connectivity index (χ1n) is 6.53. The van der Waals surface area contributed by atoms with E-state index in [1.165, 1.54) is 0 Å². The monoisotopic (exact) mass is 816 g/mol. The van der Waals surface area contributed by atoms with Crippen molar-refractivity contribution in [3.05, 3.63) is 44.1 Å². The molecule has 2 aromatic carbocycles. The standard InChI is InChI=1S/C15H11I4NO4.Na.O/c16-8-1-6(2-9(17)13(8)21)3-12(15(23)24)20-7-4-10(18)14(22)11(19)5-7;;/h1-2,4-5,12,20-22H,3H2,(H,23,24);;/t12-;;/m0../s1. The van der Waals surface area contributed by atoms with Gasteiger partial charge in [0.15, 0.2) is 0 Å². The number of phenolic OH excluding ortho intramolecular Hbond substituents is 2. The van der Waals surface area contributed by atoms with E-state index >= 15 is 0 Å². The van der Waals surface area contributed by atoms with E-state index in [-0.39, 0.29) is 53.0 Å². The zero-order valence-electron chi connectivity index (χ0n) is 13.3. The molecule has 0 aliphatic rings. The Morgan fingerprint density at radius 3 is 1.69 bits per heavy atom. The van der Waals surface area contributed by atoms with E-state index in [2.05, 4.69) is 5.32 Å². The molecule has 0 aliphatic heterocycles. The maximum absolute atomic E-state index is 11.6. The van der Waals surface area contributed by atoms with Gasteiger partial charge in [0.2, 0.25) is 0 Å². The van der Waals surface area contributed by atoms with Gasteiger partial charge in [-0.05, 0) is 120 Å². The molecule has 0 saturated heterocycles. The molecule has 26 heavy (non-hydrogen) atoms. The molecule has 0 amide bonds. The van der Waals surface area contributed by atoms with E-state index in [4.69, 9.17) is 0 Å². The summed E-state index contributed by atoms with van der Waals surface area (Å²) >= 11 is 8.05. The summed E-state index contributed by atoms with van der Waals surface area (Å²) in [5.41, 5.74) is 1.46. The number of anilines is 1. The summed E-state index contributed by atoms with van der Waals surface area (Å²) in [4.78, 5) is 11.6. The van der Waals surface area contributed by atoms with Gasteiger partial charge in [-0.25, -0.2) is 4.79 Å². The number of hydrogen-bond acceptors (Lipinski definition) is 4. The van der Waals surface area contributed by atoms with Gasteiger partial charge in [0.25, 0.3) is 0 Å². The number of halogens is 4. The van der Waals surface area contributed by atoms with E-state index in [0.717, 1.165) is 5.56 Å². The predicted molar refractivity (Wildman–Crippen MR) is 132 cm³/mol. The molecule has 2 rings (SSSR count). The molecule has 0 heterocycles. The summed E-state index contributed by atoms with van der Waals surface area (Å²) in [5.74, 6) is -0.565. The molecule has 2 aromatic rings. The maximum atomic E-state index is 11.6. The maximum Gasteiger partial charge on any atom is 0.326 e. The van der Waals surface area contributed by atoms with E-state index in [1.54, 1.807) is 24.3 Å². The number of hydrogen-bond donors (Lipinski definition) is 4. The first-order valence-corrected chi connectivity index (χ1v) is 10.8. The molecule has 6 nitrogen and oxygen atoms in total. The molecule has 1 atom stereocenters. The SMILES string of the molecule is O=C(O)[C@H](Cc1cc(I)c(O)c(I)c1)Nc1cc(I)c(O)c(I)c1.[Na].[O]. The van der Waals surface area contributed by atoms with Crippen molar-refractivity contribution in [3.63, 3.8) is 0 Å². The van der Waals surface area contributed by atoms with Gasteiger partial charge in [-0.15, -0.1) is 0 Å². The minimum atomic E-state index is -0.966. The fourth-order valence-corrected chi connectivity index (χ4v) is 5.69. The van der Waals surface area contributed by atoms with Crippen molar-refractivity contribution in [2.45, 2.75) is 12.5 Å². The van der Waals surface area contributed by atoms with Crippen LogP contribution in [0.4, 0.5) is 5.69 Å². The normalized spacial score (nSPS) is 11.1. The zero-order valence-corrected chi connectivity index (χ0v) is 23.9. The third kappa shape index (κ3) is 7.22. The summed E-state index contributed by atoms with van der Waals surface area (Å²) in [5, 5.41) is 32.2. The molecule has 11 heteroatoms. The Morgan fingerprint density at radius 1 is 0.923 bits per heavy atom. The molecule has 0 spiro atoms. The second-order valence-electron chi connectivity index (χ2n) is 4.94. The second-order valence-corrected chi connectivity index (χ2v) is 9.58. The van der Waals surface area contributed by atoms with Gasteiger partial charge in [-0.1, -0.05) is 0 Å². The van der Waals surface area contributed by atoms with Gasteiger partial charge >= 0.3 is 5.97 Å². The molecular weight excluding hydrogens is 805 g/mol. The largest absolute Gasteiger partial charge is 0.506 e. The third-order valence-electron chi connectivity index (χ3n) is 3.17. The van der Waals surface area contributed by atoms with Crippen molar-refractivity contribution in [1.82, 2.24) is 0 Å². The van der Waals surface area contributed by atoms with Crippen molar-refractivity contribution < 1.29 is 25.6 Å². The van der Waals surface area contributed by atoms with Crippen LogP contribution in [0.25, 0.3) is 0 Å². The smallest absolute Gasteiger partial charge is 0.326 e. The van der Waals surface area contributed by atoms with Crippen LogP contribution in [-0.2, 0) is 16.7 Å². The first kappa shape index (κ1) is 27.2. The quantitative estimate of drug-likeness (QED) is 0.206. The van der Waals surface area contributed by atoms with E-state index < -0.39 is 12.0 Å². The average molecular weight is 816 g/mol. The predicted octanol–water partition coefficient (Wildman–Crippen LogP) is 4.12. The van der Waals surface area contributed by atoms with Crippen LogP contribution in [0, 0.1) is 14.3 Å². The molecule has 0 saturated carbocycles. The number of carbonyl (C=O) groups is 1. The summed E-state index contributed by atoms with van der Waals surface area (Å²) in [6.07, 6.45) is 0.273. The van der Waals surface area contributed by atoms with Crippen LogP contribution in [0.1, 0.15) is 5.56 Å². The van der Waals surface area contributed by atoms with Gasteiger partial charge in [0, 0.05) is 47.1 Å². The van der Waals surface area contributed by atoms with Crippen molar-refractivity contribution in [2.75, 3.05) is 5.32 Å². The number of aliphatic carboxylic acids is 1. The summed E-state index contributed by atoms with van der Waals surface area (Å²) in [6, 6.07) is 6.15. The number of benzene rings is 2. The van der Waals surface area contributed by atoms with Crippen LogP contribution in [0.3, 0.4) is 0 Å². The minimum Gasteiger partial charge on any atom is -0.506 e. The Balaban J connectivity index is 0.00000312. The summed E-state index contributed by atoms with van der Waals surface area (Å²) < 4.78 is 2.68. The molecule has 3 radical (unpaired) electrons. The molecule has 0 aliphatic carbocycles. The Hall–Kier alpha value is 1.19. The van der Waals surface area contributed by atoms with Crippen LogP contribution in [-0.4, -0.2) is 56.9 Å². The van der Waals surface area contributed by atoms with Gasteiger partial charge in [-0.2, -0.15) is 0 Å². The van der Waals surface area contributed by atoms with Gasteiger partial charge < -0.3 is 20.6 Å². The number of phenols is 2. The van der Waals surface area contributed by atoms with Gasteiger partial charge in [0.05, 0.1) is 14.3 Å². The average Bonchev–Trinajstić information content (AvgIpc) is 2.49. The Kier molecular flexibility index (Phi) is 12.6. The van der Waals surface area contributed by atoms with Crippen molar-refractivity contribution >= 4 is 132 Å². The summed E-state index contributed by atoms with van der Waals surface area (Å²) in [6.45, 7) is 0. The Bertz CT molecular complexity index is 700. The summed E-state index contributed by atoms with van der Waals surface area (Å²) in [7, 11) is 0. The molecule has 0 unspecified atom stereocenters. The van der Waals surface area contributed by atoms with Crippen LogP contribution in [0.2, 0.25) is 0 Å². The fourth-order valence-electron chi connectivity index (χ4n) is 2.02. The molecule has 0 aromatic heterocycles. The Labute approximate surface area is 227 Å². The minimum absolute atomic E-state index is 0. The van der Waals surface area contributed by atoms with Crippen molar-refractivity contribution in [1.29, 1.82) is 0 Å². The molecule has 4 N–H and O–H groups in total. The Morgan fingerprint density at radius 2 is 1.31 bits per heavy atom. The number of nitrogens with one attached hydrogen (secondary N) is 1. The van der Waals surface area contributed by atoms with E-state index in [9.17, 15) is 20.1 Å². The molecule has 135 valence electrons. The van der Waals surface area contributed by atoms with Crippen LogP contribution < -0.4 is 5.32 Å².